The Morgan fingerprint density at radius 1 is 1.07 bits per heavy atom. The molecule has 3 heterocycles. The third-order valence-corrected chi connectivity index (χ3v) is 7.45. The normalized spacial score (nSPS) is 25.0. The van der Waals surface area contributed by atoms with Gasteiger partial charge in [-0.15, -0.1) is 0 Å². The highest BCUT2D eigenvalue weighted by Crippen LogP contribution is 2.26. The van der Waals surface area contributed by atoms with E-state index in [4.69, 9.17) is 9.72 Å². The predicted octanol–water partition coefficient (Wildman–Crippen LogP) is 1.04. The van der Waals surface area contributed by atoms with Crippen LogP contribution in [0, 0.1) is 0 Å². The maximum atomic E-state index is 12.9. The number of pyridine rings is 1. The molecule has 2 aliphatic carbocycles. The molecule has 2 aliphatic heterocycles. The van der Waals surface area contributed by atoms with Gasteiger partial charge < -0.3 is 4.74 Å². The molecule has 0 unspecified atom stereocenters. The molecule has 3 fully saturated rings. The lowest BCUT2D eigenvalue weighted by Crippen LogP contribution is -3.18. The van der Waals surface area contributed by atoms with Gasteiger partial charge in [-0.3, -0.25) is 14.7 Å². The van der Waals surface area contributed by atoms with Crippen molar-refractivity contribution in [2.24, 2.45) is 0 Å². The largest absolute Gasteiger partial charge is 0.474 e. The summed E-state index contributed by atoms with van der Waals surface area (Å²) in [5, 5.41) is 0. The first kappa shape index (κ1) is 19.5. The number of aromatic nitrogens is 1. The van der Waals surface area contributed by atoms with Gasteiger partial charge in [0.05, 0.1) is 18.8 Å². The minimum Gasteiger partial charge on any atom is -0.474 e. The molecule has 6 nitrogen and oxygen atoms in total. The number of quaternary nitrogens is 1. The summed E-state index contributed by atoms with van der Waals surface area (Å²) in [4.78, 5) is 23.7. The summed E-state index contributed by atoms with van der Waals surface area (Å²) >= 11 is 0. The van der Waals surface area contributed by atoms with Gasteiger partial charge in [-0.1, -0.05) is 12.5 Å². The Hall–Kier alpha value is -1.50. The average Bonchev–Trinajstić information content (AvgIpc) is 3.20. The maximum absolute atomic E-state index is 12.9. The molecule has 1 aromatic rings. The van der Waals surface area contributed by atoms with E-state index in [1.165, 1.54) is 42.6 Å². The summed E-state index contributed by atoms with van der Waals surface area (Å²) in [6, 6.07) is 4.99. The first-order chi connectivity index (χ1) is 14.2. The zero-order valence-electron chi connectivity index (χ0n) is 17.6. The fraction of sp³-hybridized carbons (Fsp3) is 0.739. The maximum Gasteiger partial charge on any atom is 0.326 e. The molecule has 0 spiro atoms. The molecule has 0 bridgehead atoms. The zero-order chi connectivity index (χ0) is 19.6. The van der Waals surface area contributed by atoms with Gasteiger partial charge in [-0.2, -0.15) is 0 Å². The number of amides is 1. The summed E-state index contributed by atoms with van der Waals surface area (Å²) in [7, 11) is 0. The molecular formula is C23H35N4O2+. The van der Waals surface area contributed by atoms with Crippen LogP contribution in [0.3, 0.4) is 0 Å². The monoisotopic (exact) mass is 399 g/mol. The lowest BCUT2D eigenvalue weighted by molar-refractivity contribution is -0.826. The van der Waals surface area contributed by atoms with Crippen LogP contribution >= 0.6 is 0 Å². The molecule has 1 N–H and O–H groups in total. The predicted molar refractivity (Wildman–Crippen MR) is 111 cm³/mol. The molecule has 5 rings (SSSR count). The lowest BCUT2D eigenvalue weighted by atomic mass is 9.91. The van der Waals surface area contributed by atoms with Crippen LogP contribution in [0.15, 0.2) is 12.1 Å². The molecule has 4 aliphatic rings. The molecule has 1 saturated heterocycles. The topological polar surface area (TPSA) is 50.1 Å². The quantitative estimate of drug-likeness (QED) is 0.802. The van der Waals surface area contributed by atoms with Crippen LogP contribution in [-0.2, 0) is 17.8 Å². The number of piperazine rings is 1. The standard InChI is InChI=1S/C23H34N4O2/c28-23(27-14-12-26(13-15-27)19-4-3-5-19)17-25-11-10-21-18(16-25)8-9-22(24-21)29-20-6-1-2-7-20/h8-9,19-20H,1-7,10-17H2/p+1. The molecule has 0 aromatic carbocycles. The second kappa shape index (κ2) is 8.70. The van der Waals surface area contributed by atoms with E-state index in [9.17, 15) is 4.79 Å². The van der Waals surface area contributed by atoms with Crippen molar-refractivity contribution in [2.75, 3.05) is 39.3 Å². The number of ether oxygens (including phenoxy) is 1. The fourth-order valence-corrected chi connectivity index (χ4v) is 5.34. The summed E-state index contributed by atoms with van der Waals surface area (Å²) in [6.45, 7) is 6.44. The Labute approximate surface area is 174 Å². The number of rotatable bonds is 5. The Balaban J connectivity index is 1.11. The second-order valence-corrected chi connectivity index (χ2v) is 9.39. The van der Waals surface area contributed by atoms with E-state index < -0.39 is 0 Å². The van der Waals surface area contributed by atoms with E-state index in [2.05, 4.69) is 15.9 Å². The molecule has 158 valence electrons. The second-order valence-electron chi connectivity index (χ2n) is 9.39. The Bertz CT molecular complexity index is 722. The summed E-state index contributed by atoms with van der Waals surface area (Å²) in [5.41, 5.74) is 2.42. The fourth-order valence-electron chi connectivity index (χ4n) is 5.34. The van der Waals surface area contributed by atoms with Crippen LogP contribution in [0.2, 0.25) is 0 Å². The van der Waals surface area contributed by atoms with Crippen molar-refractivity contribution in [3.05, 3.63) is 23.4 Å². The number of fused-ring (bicyclic) bond motifs is 1. The minimum atomic E-state index is 0.353. The molecule has 2 saturated carbocycles. The van der Waals surface area contributed by atoms with Crippen molar-refractivity contribution >= 4 is 5.91 Å². The zero-order valence-corrected chi connectivity index (χ0v) is 17.6. The van der Waals surface area contributed by atoms with Gasteiger partial charge in [0.1, 0.15) is 12.6 Å². The highest BCUT2D eigenvalue weighted by molar-refractivity contribution is 5.69. The van der Waals surface area contributed by atoms with Crippen LogP contribution in [0.4, 0.5) is 0 Å². The summed E-state index contributed by atoms with van der Waals surface area (Å²) in [5.74, 6) is 1.16. The van der Waals surface area contributed by atoms with Crippen molar-refractivity contribution in [3.8, 4) is 5.88 Å². The van der Waals surface area contributed by atoms with Gasteiger partial charge in [0.2, 0.25) is 5.88 Å². The number of nitrogens with one attached hydrogen (secondary N) is 1. The smallest absolute Gasteiger partial charge is 0.326 e. The average molecular weight is 400 g/mol. The van der Waals surface area contributed by atoms with Crippen molar-refractivity contribution in [2.45, 2.75) is 70.1 Å². The molecule has 29 heavy (non-hydrogen) atoms. The Morgan fingerprint density at radius 3 is 2.59 bits per heavy atom. The molecule has 1 amide bonds. The van der Waals surface area contributed by atoms with Crippen LogP contribution < -0.4 is 9.64 Å². The third-order valence-electron chi connectivity index (χ3n) is 7.45. The van der Waals surface area contributed by atoms with Gasteiger partial charge in [0.25, 0.3) is 0 Å². The third kappa shape index (κ3) is 4.49. The number of carbonyl (C=O) groups is 1. The van der Waals surface area contributed by atoms with Gasteiger partial charge in [-0.25, -0.2) is 9.78 Å². The number of hydrogen-bond donors (Lipinski definition) is 1. The van der Waals surface area contributed by atoms with Crippen LogP contribution in [0.1, 0.15) is 56.2 Å². The van der Waals surface area contributed by atoms with Crippen molar-refractivity contribution in [1.82, 2.24) is 14.8 Å². The lowest BCUT2D eigenvalue weighted by Gasteiger charge is -2.41. The van der Waals surface area contributed by atoms with Gasteiger partial charge in [0.15, 0.2) is 0 Å². The summed E-state index contributed by atoms with van der Waals surface area (Å²) < 4.78 is 6.06. The highest BCUT2D eigenvalue weighted by Gasteiger charge is 2.33. The highest BCUT2D eigenvalue weighted by atomic mass is 16.5. The first-order valence-corrected chi connectivity index (χ1v) is 11.7. The SMILES string of the molecule is O=C(CN1CCc2nc(OC3CCCC3)ccc2C1)[NH+]1CCN(C2CCC2)CC1. The van der Waals surface area contributed by atoms with E-state index in [-0.39, 0.29) is 0 Å². The van der Waals surface area contributed by atoms with E-state index >= 15 is 0 Å². The number of nitrogens with zero attached hydrogens (tertiary/aromatic N) is 3. The summed E-state index contributed by atoms with van der Waals surface area (Å²) in [6.07, 6.45) is 10.2. The molecule has 6 heteroatoms. The van der Waals surface area contributed by atoms with Gasteiger partial charge in [-0.05, 0) is 44.1 Å². The number of carbonyl (C=O) groups excluding carboxylic acids is 1. The van der Waals surface area contributed by atoms with Crippen molar-refractivity contribution < 1.29 is 14.4 Å². The van der Waals surface area contributed by atoms with Crippen LogP contribution in [-0.4, -0.2) is 72.1 Å². The first-order valence-electron chi connectivity index (χ1n) is 11.7. The van der Waals surface area contributed by atoms with Crippen LogP contribution in [0.25, 0.3) is 0 Å². The Kier molecular flexibility index (Phi) is 5.84. The van der Waals surface area contributed by atoms with Gasteiger partial charge in [0, 0.05) is 44.7 Å². The van der Waals surface area contributed by atoms with E-state index in [1.54, 1.807) is 0 Å². The Morgan fingerprint density at radius 2 is 1.86 bits per heavy atom. The number of hydrogen-bond acceptors (Lipinski definition) is 5. The molecular weight excluding hydrogens is 364 g/mol. The minimum absolute atomic E-state index is 0.353. The van der Waals surface area contributed by atoms with Gasteiger partial charge >= 0.3 is 5.91 Å². The van der Waals surface area contributed by atoms with Crippen molar-refractivity contribution in [3.63, 3.8) is 0 Å². The molecule has 1 aromatic heterocycles. The van der Waals surface area contributed by atoms with E-state index in [0.29, 0.717) is 18.6 Å². The van der Waals surface area contributed by atoms with E-state index in [0.717, 1.165) is 76.1 Å². The van der Waals surface area contributed by atoms with Crippen molar-refractivity contribution in [1.29, 1.82) is 0 Å². The molecule has 0 atom stereocenters. The van der Waals surface area contributed by atoms with E-state index in [1.807, 2.05) is 6.07 Å². The van der Waals surface area contributed by atoms with Crippen LogP contribution in [0.5, 0.6) is 5.88 Å². The molecule has 0 radical (unpaired) electrons.